The van der Waals surface area contributed by atoms with Gasteiger partial charge in [0.15, 0.2) is 0 Å². The zero-order chi connectivity index (χ0) is 13.3. The van der Waals surface area contributed by atoms with E-state index in [0.717, 1.165) is 4.47 Å². The zero-order valence-electron chi connectivity index (χ0n) is 10.5. The van der Waals surface area contributed by atoms with Crippen molar-refractivity contribution in [3.8, 4) is 0 Å². The summed E-state index contributed by atoms with van der Waals surface area (Å²) in [6.45, 7) is 0.501. The van der Waals surface area contributed by atoms with Gasteiger partial charge in [0.05, 0.1) is 18.8 Å². The molecule has 2 atom stereocenters. The van der Waals surface area contributed by atoms with Crippen molar-refractivity contribution < 1.29 is 14.6 Å². The van der Waals surface area contributed by atoms with Gasteiger partial charge in [0, 0.05) is 31.4 Å². The lowest BCUT2D eigenvalue weighted by Gasteiger charge is -2.22. The number of aromatic nitrogens is 1. The molecule has 2 rings (SSSR count). The molecular weight excluding hydrogens is 300 g/mol. The Morgan fingerprint density at radius 3 is 2.89 bits per heavy atom. The number of aryl methyl sites for hydroxylation is 1. The van der Waals surface area contributed by atoms with E-state index in [4.69, 9.17) is 4.74 Å². The summed E-state index contributed by atoms with van der Waals surface area (Å²) in [6.07, 6.45) is 2.53. The summed E-state index contributed by atoms with van der Waals surface area (Å²) in [5.74, 6) is -0.0678. The molecule has 1 aliphatic rings. The van der Waals surface area contributed by atoms with E-state index in [-0.39, 0.29) is 24.7 Å². The minimum Gasteiger partial charge on any atom is -0.394 e. The van der Waals surface area contributed by atoms with E-state index in [2.05, 4.69) is 15.9 Å². The molecule has 18 heavy (non-hydrogen) atoms. The van der Waals surface area contributed by atoms with Gasteiger partial charge in [-0.25, -0.2) is 0 Å². The number of aliphatic hydroxyl groups excluding tert-OH is 1. The summed E-state index contributed by atoms with van der Waals surface area (Å²) in [5.41, 5.74) is 0.608. The van der Waals surface area contributed by atoms with Crippen LogP contribution in [-0.4, -0.2) is 52.9 Å². The van der Waals surface area contributed by atoms with Crippen LogP contribution in [0.2, 0.25) is 0 Å². The molecule has 0 bridgehead atoms. The predicted octanol–water partition coefficient (Wildman–Crippen LogP) is 1.01. The smallest absolute Gasteiger partial charge is 0.270 e. The molecule has 0 aliphatic carbocycles. The van der Waals surface area contributed by atoms with Crippen molar-refractivity contribution >= 4 is 21.8 Å². The fourth-order valence-electron chi connectivity index (χ4n) is 2.35. The molecule has 1 N–H and O–H groups in total. The quantitative estimate of drug-likeness (QED) is 0.905. The highest BCUT2D eigenvalue weighted by molar-refractivity contribution is 9.10. The fourth-order valence-corrected chi connectivity index (χ4v) is 2.87. The van der Waals surface area contributed by atoms with Gasteiger partial charge in [-0.15, -0.1) is 0 Å². The van der Waals surface area contributed by atoms with Crippen LogP contribution in [0.25, 0.3) is 0 Å². The molecule has 0 spiro atoms. The van der Waals surface area contributed by atoms with Crippen LogP contribution in [0, 0.1) is 0 Å². The standard InChI is InChI=1S/C12H17BrN2O3/c1-14-5-8(13)3-11(14)12(17)15-6-10(18-2)4-9(15)7-16/h3,5,9-10,16H,4,6-7H2,1-2H3/t9-,10+/m0/s1. The Labute approximate surface area is 114 Å². The molecule has 0 aromatic carbocycles. The lowest BCUT2D eigenvalue weighted by atomic mass is 10.2. The molecule has 0 radical (unpaired) electrons. The number of ether oxygens (including phenoxy) is 1. The second-order valence-corrected chi connectivity index (χ2v) is 5.46. The van der Waals surface area contributed by atoms with E-state index >= 15 is 0 Å². The van der Waals surface area contributed by atoms with Crippen molar-refractivity contribution in [2.24, 2.45) is 7.05 Å². The number of methoxy groups -OCH3 is 1. The van der Waals surface area contributed by atoms with Gasteiger partial charge in [-0.3, -0.25) is 4.79 Å². The van der Waals surface area contributed by atoms with Gasteiger partial charge in [0.2, 0.25) is 0 Å². The number of likely N-dealkylation sites (tertiary alicyclic amines) is 1. The summed E-state index contributed by atoms with van der Waals surface area (Å²) < 4.78 is 7.92. The Balaban J connectivity index is 2.20. The largest absolute Gasteiger partial charge is 0.394 e. The van der Waals surface area contributed by atoms with E-state index in [9.17, 15) is 9.90 Å². The first kappa shape index (κ1) is 13.6. The van der Waals surface area contributed by atoms with E-state index in [1.807, 2.05) is 13.2 Å². The lowest BCUT2D eigenvalue weighted by Crippen LogP contribution is -2.38. The van der Waals surface area contributed by atoms with E-state index < -0.39 is 0 Å². The van der Waals surface area contributed by atoms with Crippen molar-refractivity contribution in [1.29, 1.82) is 0 Å². The minimum atomic E-state index is -0.156. The number of aliphatic hydroxyl groups is 1. The number of nitrogens with zero attached hydrogens (tertiary/aromatic N) is 2. The maximum absolute atomic E-state index is 12.4. The molecule has 6 heteroatoms. The number of halogens is 1. The Kier molecular flexibility index (Phi) is 4.09. The molecule has 1 saturated heterocycles. The highest BCUT2D eigenvalue weighted by Crippen LogP contribution is 2.23. The Bertz CT molecular complexity index is 447. The third-order valence-corrected chi connectivity index (χ3v) is 3.81. The zero-order valence-corrected chi connectivity index (χ0v) is 12.1. The maximum atomic E-state index is 12.4. The van der Waals surface area contributed by atoms with Gasteiger partial charge >= 0.3 is 0 Å². The van der Waals surface area contributed by atoms with Gasteiger partial charge in [0.25, 0.3) is 5.91 Å². The van der Waals surface area contributed by atoms with Gasteiger partial charge in [0.1, 0.15) is 5.69 Å². The second kappa shape index (κ2) is 5.42. The number of hydrogen-bond donors (Lipinski definition) is 1. The molecule has 5 nitrogen and oxygen atoms in total. The third-order valence-electron chi connectivity index (χ3n) is 3.37. The Morgan fingerprint density at radius 2 is 2.39 bits per heavy atom. The average Bonchev–Trinajstić information content (AvgIpc) is 2.91. The predicted molar refractivity (Wildman–Crippen MR) is 70.4 cm³/mol. The van der Waals surface area contributed by atoms with E-state index in [0.29, 0.717) is 18.7 Å². The van der Waals surface area contributed by atoms with Crippen LogP contribution in [0.5, 0.6) is 0 Å². The number of hydrogen-bond acceptors (Lipinski definition) is 3. The molecule has 1 aromatic heterocycles. The molecule has 1 fully saturated rings. The topological polar surface area (TPSA) is 54.7 Å². The summed E-state index contributed by atoms with van der Waals surface area (Å²) in [5, 5.41) is 9.35. The first-order valence-corrected chi connectivity index (χ1v) is 6.62. The Morgan fingerprint density at radius 1 is 1.67 bits per heavy atom. The summed E-state index contributed by atoms with van der Waals surface area (Å²) >= 11 is 3.35. The normalized spacial score (nSPS) is 23.7. The summed E-state index contributed by atoms with van der Waals surface area (Å²) in [6, 6.07) is 1.63. The average molecular weight is 317 g/mol. The minimum absolute atomic E-state index is 0.00908. The molecule has 1 amide bonds. The van der Waals surface area contributed by atoms with Crippen LogP contribution in [-0.2, 0) is 11.8 Å². The van der Waals surface area contributed by atoms with E-state index in [1.165, 1.54) is 0 Å². The first-order valence-electron chi connectivity index (χ1n) is 5.83. The molecule has 1 aliphatic heterocycles. The highest BCUT2D eigenvalue weighted by atomic mass is 79.9. The Hall–Kier alpha value is -0.850. The monoisotopic (exact) mass is 316 g/mol. The molecule has 2 heterocycles. The van der Waals surface area contributed by atoms with Crippen LogP contribution in [0.1, 0.15) is 16.9 Å². The van der Waals surface area contributed by atoms with Crippen molar-refractivity contribution in [2.45, 2.75) is 18.6 Å². The second-order valence-electron chi connectivity index (χ2n) is 4.54. The van der Waals surface area contributed by atoms with Crippen LogP contribution < -0.4 is 0 Å². The number of rotatable bonds is 3. The van der Waals surface area contributed by atoms with Crippen LogP contribution in [0.4, 0.5) is 0 Å². The van der Waals surface area contributed by atoms with Crippen molar-refractivity contribution in [2.75, 3.05) is 20.3 Å². The highest BCUT2D eigenvalue weighted by Gasteiger charge is 2.36. The van der Waals surface area contributed by atoms with Gasteiger partial charge in [-0.2, -0.15) is 0 Å². The lowest BCUT2D eigenvalue weighted by molar-refractivity contribution is 0.0638. The first-order chi connectivity index (χ1) is 8.56. The van der Waals surface area contributed by atoms with Crippen LogP contribution in [0.15, 0.2) is 16.7 Å². The molecule has 1 aromatic rings. The number of carbonyl (C=O) groups excluding carboxylic acids is 1. The summed E-state index contributed by atoms with van der Waals surface area (Å²) in [7, 11) is 3.46. The maximum Gasteiger partial charge on any atom is 0.270 e. The van der Waals surface area contributed by atoms with Crippen molar-refractivity contribution in [3.05, 3.63) is 22.4 Å². The molecule has 100 valence electrons. The third kappa shape index (κ3) is 2.46. The van der Waals surface area contributed by atoms with Crippen LogP contribution in [0.3, 0.4) is 0 Å². The van der Waals surface area contributed by atoms with E-state index in [1.54, 1.807) is 22.6 Å². The van der Waals surface area contributed by atoms with Crippen LogP contribution >= 0.6 is 15.9 Å². The molecule has 0 unspecified atom stereocenters. The fraction of sp³-hybridized carbons (Fsp3) is 0.583. The number of amides is 1. The molecular formula is C12H17BrN2O3. The molecule has 0 saturated carbocycles. The van der Waals surface area contributed by atoms with Gasteiger partial charge < -0.3 is 19.3 Å². The SMILES string of the molecule is CO[C@@H]1C[C@@H](CO)N(C(=O)c2cc(Br)cn2C)C1. The van der Waals surface area contributed by atoms with Gasteiger partial charge in [-0.1, -0.05) is 0 Å². The number of carbonyl (C=O) groups is 1. The van der Waals surface area contributed by atoms with Gasteiger partial charge in [-0.05, 0) is 28.4 Å². The van der Waals surface area contributed by atoms with Crippen molar-refractivity contribution in [3.63, 3.8) is 0 Å². The van der Waals surface area contributed by atoms with Crippen molar-refractivity contribution in [1.82, 2.24) is 9.47 Å². The summed E-state index contributed by atoms with van der Waals surface area (Å²) in [4.78, 5) is 14.1.